The van der Waals surface area contributed by atoms with Crippen LogP contribution >= 0.6 is 0 Å². The molecule has 0 atom stereocenters. The largest absolute Gasteiger partial charge is 0.370 e. The van der Waals surface area contributed by atoms with E-state index in [2.05, 4.69) is 10.0 Å². The Morgan fingerprint density at radius 1 is 1.08 bits per heavy atom. The molecule has 136 valence electrons. The lowest BCUT2D eigenvalue weighted by Crippen LogP contribution is -2.21. The van der Waals surface area contributed by atoms with E-state index < -0.39 is 15.8 Å². The minimum Gasteiger partial charge on any atom is -0.370 e. The summed E-state index contributed by atoms with van der Waals surface area (Å²) >= 11 is 0. The van der Waals surface area contributed by atoms with Gasteiger partial charge in [-0.3, -0.25) is 9.52 Å². The first-order chi connectivity index (χ1) is 12.4. The van der Waals surface area contributed by atoms with Crippen LogP contribution in [0.2, 0.25) is 0 Å². The van der Waals surface area contributed by atoms with Gasteiger partial charge in [0.2, 0.25) is 5.91 Å². The maximum absolute atomic E-state index is 13.7. The molecular formula is C18H18FN3O3S. The molecule has 26 heavy (non-hydrogen) atoms. The molecule has 6 nitrogen and oxygen atoms in total. The van der Waals surface area contributed by atoms with Gasteiger partial charge in [-0.15, -0.1) is 0 Å². The van der Waals surface area contributed by atoms with Crippen molar-refractivity contribution >= 4 is 33.0 Å². The number of fused-ring (bicyclic) bond motifs is 1. The maximum Gasteiger partial charge on any atom is 0.261 e. The van der Waals surface area contributed by atoms with Gasteiger partial charge in [-0.1, -0.05) is 0 Å². The van der Waals surface area contributed by atoms with Crippen LogP contribution in [0.3, 0.4) is 0 Å². The van der Waals surface area contributed by atoms with Gasteiger partial charge in [-0.25, -0.2) is 12.8 Å². The summed E-state index contributed by atoms with van der Waals surface area (Å²) in [6.07, 6.45) is 2.20. The number of amides is 1. The predicted octanol–water partition coefficient (Wildman–Crippen LogP) is 2.72. The highest BCUT2D eigenvalue weighted by molar-refractivity contribution is 7.92. The number of nitrogens with one attached hydrogen (secondary N) is 2. The van der Waals surface area contributed by atoms with Gasteiger partial charge in [0, 0.05) is 24.8 Å². The number of hydrogen-bond donors (Lipinski definition) is 2. The lowest BCUT2D eigenvalue weighted by molar-refractivity contribution is -0.115. The van der Waals surface area contributed by atoms with E-state index in [-0.39, 0.29) is 22.9 Å². The Kier molecular flexibility index (Phi) is 4.07. The number of anilines is 3. The van der Waals surface area contributed by atoms with Crippen LogP contribution in [-0.4, -0.2) is 27.4 Å². The zero-order valence-electron chi connectivity index (χ0n) is 14.0. The molecule has 0 unspecified atom stereocenters. The van der Waals surface area contributed by atoms with Gasteiger partial charge in [0.05, 0.1) is 22.7 Å². The molecule has 2 heterocycles. The van der Waals surface area contributed by atoms with Crippen LogP contribution in [0.4, 0.5) is 21.5 Å². The highest BCUT2D eigenvalue weighted by Crippen LogP contribution is 2.32. The van der Waals surface area contributed by atoms with E-state index in [0.717, 1.165) is 25.9 Å². The summed E-state index contributed by atoms with van der Waals surface area (Å²) < 4.78 is 41.9. The molecule has 2 aromatic rings. The maximum atomic E-state index is 13.7. The van der Waals surface area contributed by atoms with E-state index in [1.54, 1.807) is 12.1 Å². The lowest BCUT2D eigenvalue weighted by atomic mass is 10.2. The van der Waals surface area contributed by atoms with Crippen molar-refractivity contribution < 1.29 is 17.6 Å². The Balaban J connectivity index is 1.67. The van der Waals surface area contributed by atoms with Gasteiger partial charge < -0.3 is 10.2 Å². The van der Waals surface area contributed by atoms with Gasteiger partial charge in [-0.2, -0.15) is 0 Å². The second kappa shape index (κ2) is 6.28. The van der Waals surface area contributed by atoms with Gasteiger partial charge in [0.25, 0.3) is 10.0 Å². The van der Waals surface area contributed by atoms with E-state index in [4.69, 9.17) is 0 Å². The summed E-state index contributed by atoms with van der Waals surface area (Å²) in [6.45, 7) is 1.62. The average molecular weight is 375 g/mol. The third kappa shape index (κ3) is 3.12. The molecule has 0 radical (unpaired) electrons. The minimum atomic E-state index is -3.90. The molecule has 1 fully saturated rings. The number of nitrogens with zero attached hydrogens (tertiary/aromatic N) is 1. The topological polar surface area (TPSA) is 78.5 Å². The third-order valence-corrected chi connectivity index (χ3v) is 6.02. The summed E-state index contributed by atoms with van der Waals surface area (Å²) in [5.74, 6) is -0.668. The molecule has 2 aliphatic rings. The Morgan fingerprint density at radius 3 is 2.62 bits per heavy atom. The molecule has 0 aliphatic carbocycles. The molecule has 2 N–H and O–H groups in total. The van der Waals surface area contributed by atoms with Crippen molar-refractivity contribution in [3.8, 4) is 0 Å². The Labute approximate surface area is 151 Å². The van der Waals surface area contributed by atoms with E-state index in [0.29, 0.717) is 16.9 Å². The molecular weight excluding hydrogens is 357 g/mol. The quantitative estimate of drug-likeness (QED) is 0.861. The number of carbonyl (C=O) groups excluding carboxylic acids is 1. The van der Waals surface area contributed by atoms with Gasteiger partial charge in [-0.05, 0) is 48.7 Å². The van der Waals surface area contributed by atoms with E-state index >= 15 is 0 Å². The second-order valence-electron chi connectivity index (χ2n) is 6.51. The molecule has 2 aliphatic heterocycles. The Hall–Kier alpha value is -2.61. The van der Waals surface area contributed by atoms with Crippen molar-refractivity contribution in [2.24, 2.45) is 0 Å². The zero-order valence-corrected chi connectivity index (χ0v) is 14.8. The van der Waals surface area contributed by atoms with Crippen molar-refractivity contribution in [3.05, 3.63) is 47.8 Å². The SMILES string of the molecule is O=C1Cc2cc(S(=O)(=O)Nc3cc(F)ccc3N3CCCC3)ccc2N1. The summed E-state index contributed by atoms with van der Waals surface area (Å²) in [6, 6.07) is 8.61. The second-order valence-corrected chi connectivity index (χ2v) is 8.19. The number of rotatable bonds is 4. The van der Waals surface area contributed by atoms with Gasteiger partial charge in [0.15, 0.2) is 0 Å². The molecule has 0 spiro atoms. The zero-order chi connectivity index (χ0) is 18.3. The molecule has 2 aromatic carbocycles. The highest BCUT2D eigenvalue weighted by Gasteiger charge is 2.24. The van der Waals surface area contributed by atoms with Crippen LogP contribution in [0, 0.1) is 5.82 Å². The molecule has 1 amide bonds. The number of hydrogen-bond acceptors (Lipinski definition) is 4. The fourth-order valence-corrected chi connectivity index (χ4v) is 4.52. The number of benzene rings is 2. The summed E-state index contributed by atoms with van der Waals surface area (Å²) in [5.41, 5.74) is 2.15. The average Bonchev–Trinajstić information content (AvgIpc) is 3.22. The Bertz CT molecular complexity index is 985. The molecule has 8 heteroatoms. The standard InChI is InChI=1S/C18H18FN3O3S/c19-13-3-6-17(22-7-1-2-8-22)16(11-13)21-26(24,25)14-4-5-15-12(9-14)10-18(23)20-15/h3-6,9,11,21H,1-2,7-8,10H2,(H,20,23). The smallest absolute Gasteiger partial charge is 0.261 e. The molecule has 0 aromatic heterocycles. The minimum absolute atomic E-state index is 0.0457. The highest BCUT2D eigenvalue weighted by atomic mass is 32.2. The Morgan fingerprint density at radius 2 is 1.85 bits per heavy atom. The molecule has 4 rings (SSSR count). The van der Waals surface area contributed by atoms with Crippen LogP contribution in [0.5, 0.6) is 0 Å². The fourth-order valence-electron chi connectivity index (χ4n) is 3.40. The van der Waals surface area contributed by atoms with Crippen LogP contribution in [0.15, 0.2) is 41.3 Å². The first-order valence-electron chi connectivity index (χ1n) is 8.42. The van der Waals surface area contributed by atoms with Crippen molar-refractivity contribution in [1.29, 1.82) is 0 Å². The van der Waals surface area contributed by atoms with Gasteiger partial charge >= 0.3 is 0 Å². The van der Waals surface area contributed by atoms with Gasteiger partial charge in [0.1, 0.15) is 5.82 Å². The monoisotopic (exact) mass is 375 g/mol. The van der Waals surface area contributed by atoms with E-state index in [1.807, 2.05) is 4.90 Å². The van der Waals surface area contributed by atoms with Crippen LogP contribution < -0.4 is 14.9 Å². The predicted molar refractivity (Wildman–Crippen MR) is 97.4 cm³/mol. The van der Waals surface area contributed by atoms with Crippen molar-refractivity contribution in [1.82, 2.24) is 0 Å². The van der Waals surface area contributed by atoms with Crippen molar-refractivity contribution in [2.45, 2.75) is 24.2 Å². The number of sulfonamides is 1. The summed E-state index contributed by atoms with van der Waals surface area (Å²) in [5, 5.41) is 2.67. The summed E-state index contributed by atoms with van der Waals surface area (Å²) in [4.78, 5) is 13.5. The van der Waals surface area contributed by atoms with E-state index in [9.17, 15) is 17.6 Å². The van der Waals surface area contributed by atoms with Crippen LogP contribution in [-0.2, 0) is 21.2 Å². The molecule has 0 saturated carbocycles. The van der Waals surface area contributed by atoms with E-state index in [1.165, 1.54) is 24.3 Å². The first-order valence-corrected chi connectivity index (χ1v) is 9.91. The van der Waals surface area contributed by atoms with Crippen LogP contribution in [0.1, 0.15) is 18.4 Å². The third-order valence-electron chi connectivity index (χ3n) is 4.66. The lowest BCUT2D eigenvalue weighted by Gasteiger charge is -2.22. The first kappa shape index (κ1) is 16.8. The summed E-state index contributed by atoms with van der Waals surface area (Å²) in [7, 11) is -3.90. The number of carbonyl (C=O) groups is 1. The molecule has 1 saturated heterocycles. The van der Waals surface area contributed by atoms with Crippen molar-refractivity contribution in [3.63, 3.8) is 0 Å². The molecule has 0 bridgehead atoms. The fraction of sp³-hybridized carbons (Fsp3) is 0.278. The normalized spacial score (nSPS) is 16.5. The van der Waals surface area contributed by atoms with Crippen LogP contribution in [0.25, 0.3) is 0 Å². The number of halogens is 1. The van der Waals surface area contributed by atoms with Crippen molar-refractivity contribution in [2.75, 3.05) is 28.0 Å².